The summed E-state index contributed by atoms with van der Waals surface area (Å²) in [5.74, 6) is -2.63. The number of carboxylic acids is 2. The van der Waals surface area contributed by atoms with Gasteiger partial charge < -0.3 is 19.8 Å². The van der Waals surface area contributed by atoms with Crippen LogP contribution in [0.3, 0.4) is 0 Å². The Balaban J connectivity index is 0. The molecule has 4 nitrogen and oxygen atoms in total. The number of carbonyl (C=O) groups is 2. The van der Waals surface area contributed by atoms with Gasteiger partial charge in [0, 0.05) is 33.6 Å². The van der Waals surface area contributed by atoms with Crippen molar-refractivity contribution in [3.63, 3.8) is 0 Å². The van der Waals surface area contributed by atoms with Crippen molar-refractivity contribution in [3.8, 4) is 0 Å². The fourth-order valence-corrected chi connectivity index (χ4v) is 0.502. The second-order valence-electron chi connectivity index (χ2n) is 1.75. The van der Waals surface area contributed by atoms with Gasteiger partial charge in [-0.2, -0.15) is 12.6 Å². The van der Waals surface area contributed by atoms with E-state index in [9.17, 15) is 19.8 Å². The van der Waals surface area contributed by atoms with Crippen molar-refractivity contribution in [1.82, 2.24) is 0 Å². The monoisotopic (exact) mass is 269 g/mol. The minimum atomic E-state index is -1.36. The molecule has 11 heavy (non-hydrogen) atoms. The van der Waals surface area contributed by atoms with E-state index in [1.165, 1.54) is 0 Å². The van der Waals surface area contributed by atoms with Gasteiger partial charge in [-0.05, 0) is 12.8 Å². The summed E-state index contributed by atoms with van der Waals surface area (Å²) < 4.78 is 0. The number of rotatable bonds is 4. The van der Waals surface area contributed by atoms with E-state index < -0.39 is 17.2 Å². The number of hydrogen-bond donors (Lipinski definition) is 1. The molecule has 0 N–H and O–H groups in total. The molecule has 0 aliphatic heterocycles. The Bertz CT molecular complexity index is 149. The van der Waals surface area contributed by atoms with Crippen LogP contribution in [0.15, 0.2) is 0 Å². The Labute approximate surface area is 84.9 Å². The van der Waals surface area contributed by atoms with Crippen molar-refractivity contribution >= 4 is 24.6 Å². The molecule has 1 radical (unpaired) electrons. The number of thiol groups is 1. The van der Waals surface area contributed by atoms with Crippen LogP contribution in [0.2, 0.25) is 0 Å². The van der Waals surface area contributed by atoms with Gasteiger partial charge in [-0.25, -0.2) is 0 Å². The number of carbonyl (C=O) groups excluding carboxylic acids is 2. The summed E-state index contributed by atoms with van der Waals surface area (Å²) in [4.78, 5) is 19.7. The van der Waals surface area contributed by atoms with Gasteiger partial charge >= 0.3 is 0 Å². The van der Waals surface area contributed by atoms with Gasteiger partial charge in [0.1, 0.15) is 0 Å². The summed E-state index contributed by atoms with van der Waals surface area (Å²) in [5.41, 5.74) is 0. The average Bonchev–Trinajstić information content (AvgIpc) is 1.82. The Hall–Kier alpha value is 0.0303. The fraction of sp³-hybridized carbons (Fsp3) is 0.600. The van der Waals surface area contributed by atoms with Crippen LogP contribution in [0, 0.1) is 0 Å². The molecule has 0 aliphatic carbocycles. The van der Waals surface area contributed by atoms with Gasteiger partial charge in [-0.1, -0.05) is 0 Å². The smallest absolute Gasteiger partial charge is 0.0542 e. The first kappa shape index (κ1) is 13.6. The molecule has 1 unspecified atom stereocenters. The molecule has 0 spiro atoms. The van der Waals surface area contributed by atoms with E-state index in [0.717, 1.165) is 0 Å². The van der Waals surface area contributed by atoms with Crippen LogP contribution in [0.25, 0.3) is 0 Å². The van der Waals surface area contributed by atoms with Gasteiger partial charge in [0.05, 0.1) is 5.97 Å². The van der Waals surface area contributed by atoms with Crippen LogP contribution >= 0.6 is 12.6 Å². The first-order chi connectivity index (χ1) is 4.54. The van der Waals surface area contributed by atoms with E-state index >= 15 is 0 Å². The maximum Gasteiger partial charge on any atom is 0.0542 e. The molecular formula is C5H6AgO4S-2. The molecule has 0 amide bonds. The molecule has 0 aromatic carbocycles. The van der Waals surface area contributed by atoms with Crippen molar-refractivity contribution in [2.45, 2.75) is 18.1 Å². The quantitative estimate of drug-likeness (QED) is 0.454. The molecule has 1 atom stereocenters. The minimum Gasteiger partial charge on any atom is -0.550 e. The van der Waals surface area contributed by atoms with E-state index in [4.69, 9.17) is 0 Å². The number of carboxylic acid groups (broad SMARTS) is 2. The molecular weight excluding hydrogens is 264 g/mol. The van der Waals surface area contributed by atoms with Gasteiger partial charge in [0.25, 0.3) is 0 Å². The molecule has 0 saturated heterocycles. The van der Waals surface area contributed by atoms with Crippen molar-refractivity contribution in [3.05, 3.63) is 0 Å². The molecule has 69 valence electrons. The van der Waals surface area contributed by atoms with Crippen molar-refractivity contribution in [2.24, 2.45) is 0 Å². The Morgan fingerprint density at radius 2 is 1.82 bits per heavy atom. The van der Waals surface area contributed by atoms with Crippen LogP contribution in [0.1, 0.15) is 12.8 Å². The van der Waals surface area contributed by atoms with E-state index in [0.29, 0.717) is 0 Å². The Morgan fingerprint density at radius 1 is 1.36 bits per heavy atom. The molecule has 0 rings (SSSR count). The number of aliphatic carboxylic acids is 2. The minimum absolute atomic E-state index is 0. The van der Waals surface area contributed by atoms with Crippen LogP contribution in [0.4, 0.5) is 0 Å². The first-order valence-electron chi connectivity index (χ1n) is 2.63. The van der Waals surface area contributed by atoms with Crippen molar-refractivity contribution < 1.29 is 42.2 Å². The molecule has 6 heteroatoms. The third-order valence-corrected chi connectivity index (χ3v) is 1.36. The van der Waals surface area contributed by atoms with E-state index in [1.807, 2.05) is 0 Å². The predicted molar refractivity (Wildman–Crippen MR) is 32.0 cm³/mol. The second-order valence-corrected chi connectivity index (χ2v) is 2.37. The third kappa shape index (κ3) is 7.93. The van der Waals surface area contributed by atoms with Gasteiger partial charge in [0.2, 0.25) is 0 Å². The summed E-state index contributed by atoms with van der Waals surface area (Å²) in [6.45, 7) is 0. The molecule has 0 fully saturated rings. The zero-order valence-corrected chi connectivity index (χ0v) is 7.75. The standard InChI is InChI=1S/C5H8O4S.Ag/c6-4(7)2-1-3(10)5(8)9;/h3,10H,1-2H2,(H,6,7)(H,8,9);/p-2. The van der Waals surface area contributed by atoms with E-state index in [-0.39, 0.29) is 35.2 Å². The summed E-state index contributed by atoms with van der Waals surface area (Å²) in [7, 11) is 0. The molecule has 0 aliphatic rings. The normalized spacial score (nSPS) is 11.4. The summed E-state index contributed by atoms with van der Waals surface area (Å²) in [6, 6.07) is 0. The van der Waals surface area contributed by atoms with Gasteiger partial charge in [0.15, 0.2) is 0 Å². The second kappa shape index (κ2) is 6.72. The molecule has 0 heterocycles. The van der Waals surface area contributed by atoms with E-state index in [2.05, 4.69) is 12.6 Å². The predicted octanol–water partition coefficient (Wildman–Crippen LogP) is -2.44. The zero-order chi connectivity index (χ0) is 8.15. The van der Waals surface area contributed by atoms with Crippen LogP contribution < -0.4 is 10.2 Å². The van der Waals surface area contributed by atoms with Gasteiger partial charge in [-0.15, -0.1) is 0 Å². The number of hydrogen-bond acceptors (Lipinski definition) is 5. The molecule has 0 saturated carbocycles. The topological polar surface area (TPSA) is 80.3 Å². The maximum atomic E-state index is 9.91. The van der Waals surface area contributed by atoms with Crippen LogP contribution in [-0.4, -0.2) is 17.2 Å². The average molecular weight is 270 g/mol. The van der Waals surface area contributed by atoms with Crippen molar-refractivity contribution in [2.75, 3.05) is 0 Å². The van der Waals surface area contributed by atoms with Gasteiger partial charge in [-0.3, -0.25) is 0 Å². The van der Waals surface area contributed by atoms with E-state index in [1.54, 1.807) is 0 Å². The molecule has 0 aromatic heterocycles. The summed E-state index contributed by atoms with van der Waals surface area (Å²) in [5, 5.41) is 18.7. The Morgan fingerprint density at radius 3 is 2.09 bits per heavy atom. The third-order valence-electron chi connectivity index (χ3n) is 0.894. The van der Waals surface area contributed by atoms with Crippen molar-refractivity contribution in [1.29, 1.82) is 0 Å². The van der Waals surface area contributed by atoms with Crippen LogP contribution in [0.5, 0.6) is 0 Å². The molecule has 0 aromatic rings. The fourth-order valence-electron chi connectivity index (χ4n) is 0.372. The maximum absolute atomic E-state index is 9.91. The Kier molecular flexibility index (Phi) is 8.32. The van der Waals surface area contributed by atoms with Crippen LogP contribution in [-0.2, 0) is 32.0 Å². The summed E-state index contributed by atoms with van der Waals surface area (Å²) >= 11 is 3.55. The molecule has 0 bridgehead atoms. The largest absolute Gasteiger partial charge is 0.550 e. The summed E-state index contributed by atoms with van der Waals surface area (Å²) in [6.07, 6.45) is -0.365. The zero-order valence-electron chi connectivity index (χ0n) is 5.37. The SMILES string of the molecule is O=C([O-])CCC(S)C(=O)[O-].[Ag]. The first-order valence-corrected chi connectivity index (χ1v) is 3.14.